The first-order valence-electron chi connectivity index (χ1n) is 9.11. The minimum Gasteiger partial charge on any atom is -0.326 e. The quantitative estimate of drug-likeness (QED) is 0.479. The Balaban J connectivity index is 1.59. The average Bonchev–Trinajstić information content (AvgIpc) is 3.11. The lowest BCUT2D eigenvalue weighted by atomic mass is 10.3. The summed E-state index contributed by atoms with van der Waals surface area (Å²) >= 11 is 13.2. The topological polar surface area (TPSA) is 88.9 Å². The van der Waals surface area contributed by atoms with Crippen LogP contribution in [0.15, 0.2) is 53.7 Å². The molecule has 2 aromatic carbocycles. The van der Waals surface area contributed by atoms with E-state index < -0.39 is 0 Å². The van der Waals surface area contributed by atoms with Crippen LogP contribution in [-0.4, -0.2) is 32.3 Å². The van der Waals surface area contributed by atoms with Crippen molar-refractivity contribution in [3.8, 4) is 0 Å². The second-order valence-electron chi connectivity index (χ2n) is 6.20. The van der Waals surface area contributed by atoms with Gasteiger partial charge in [0.25, 0.3) is 0 Å². The van der Waals surface area contributed by atoms with Crippen molar-refractivity contribution in [2.24, 2.45) is 0 Å². The predicted molar refractivity (Wildman–Crippen MR) is 120 cm³/mol. The van der Waals surface area contributed by atoms with Gasteiger partial charge in [0.05, 0.1) is 22.9 Å². The fraction of sp³-hybridized carbons (Fsp3) is 0.200. The summed E-state index contributed by atoms with van der Waals surface area (Å²) in [6.45, 7) is 2.50. The Hall–Kier alpha value is -2.55. The van der Waals surface area contributed by atoms with Crippen LogP contribution in [0.5, 0.6) is 0 Å². The number of nitrogens with one attached hydrogen (secondary N) is 2. The van der Waals surface area contributed by atoms with E-state index in [0.717, 1.165) is 5.69 Å². The van der Waals surface area contributed by atoms with E-state index in [-0.39, 0.29) is 24.0 Å². The normalized spacial score (nSPS) is 10.6. The van der Waals surface area contributed by atoms with Crippen molar-refractivity contribution in [2.45, 2.75) is 25.0 Å². The number of aromatic nitrogens is 3. The molecule has 0 fully saturated rings. The van der Waals surface area contributed by atoms with E-state index in [1.807, 2.05) is 41.8 Å². The zero-order valence-corrected chi connectivity index (χ0v) is 18.4. The van der Waals surface area contributed by atoms with Gasteiger partial charge >= 0.3 is 0 Å². The first-order chi connectivity index (χ1) is 14.5. The lowest BCUT2D eigenvalue weighted by molar-refractivity contribution is -0.116. The first-order valence-corrected chi connectivity index (χ1v) is 10.8. The number of hydrogen-bond acceptors (Lipinski definition) is 5. The molecule has 0 unspecified atom stereocenters. The molecule has 156 valence electrons. The Morgan fingerprint density at radius 1 is 1.03 bits per heavy atom. The van der Waals surface area contributed by atoms with E-state index >= 15 is 0 Å². The summed E-state index contributed by atoms with van der Waals surface area (Å²) in [5.41, 5.74) is 1.17. The van der Waals surface area contributed by atoms with Gasteiger partial charge in [-0.3, -0.25) is 9.59 Å². The summed E-state index contributed by atoms with van der Waals surface area (Å²) in [6, 6.07) is 14.1. The first kappa shape index (κ1) is 22.1. The van der Waals surface area contributed by atoms with E-state index in [2.05, 4.69) is 20.8 Å². The molecule has 3 aromatic rings. The van der Waals surface area contributed by atoms with E-state index in [4.69, 9.17) is 23.2 Å². The molecule has 1 heterocycles. The second-order valence-corrected chi connectivity index (χ2v) is 7.98. The molecule has 0 saturated heterocycles. The van der Waals surface area contributed by atoms with E-state index in [0.29, 0.717) is 33.3 Å². The molecule has 2 N–H and O–H groups in total. The fourth-order valence-corrected chi connectivity index (χ4v) is 3.81. The van der Waals surface area contributed by atoms with Crippen LogP contribution >= 0.6 is 35.0 Å². The average molecular weight is 464 g/mol. The molecule has 30 heavy (non-hydrogen) atoms. The van der Waals surface area contributed by atoms with Crippen LogP contribution in [0.2, 0.25) is 10.0 Å². The molecular weight excluding hydrogens is 445 g/mol. The highest BCUT2D eigenvalue weighted by Crippen LogP contribution is 2.26. The molecule has 0 aliphatic rings. The van der Waals surface area contributed by atoms with Crippen LogP contribution in [0, 0.1) is 0 Å². The van der Waals surface area contributed by atoms with Crippen molar-refractivity contribution < 1.29 is 9.59 Å². The lowest BCUT2D eigenvalue weighted by Crippen LogP contribution is -2.18. The molecule has 0 saturated carbocycles. The maximum atomic E-state index is 12.3. The van der Waals surface area contributed by atoms with Gasteiger partial charge in [0.15, 0.2) is 5.16 Å². The number of amides is 2. The maximum Gasteiger partial charge on any atom is 0.234 e. The monoisotopic (exact) mass is 463 g/mol. The molecule has 0 aliphatic carbocycles. The van der Waals surface area contributed by atoms with Crippen LogP contribution < -0.4 is 10.6 Å². The highest BCUT2D eigenvalue weighted by molar-refractivity contribution is 7.99. The van der Waals surface area contributed by atoms with Gasteiger partial charge in [0.2, 0.25) is 11.8 Å². The van der Waals surface area contributed by atoms with Crippen molar-refractivity contribution in [1.29, 1.82) is 0 Å². The number of thioether (sulfide) groups is 1. The highest BCUT2D eigenvalue weighted by Gasteiger charge is 2.16. The van der Waals surface area contributed by atoms with Gasteiger partial charge < -0.3 is 15.2 Å². The summed E-state index contributed by atoms with van der Waals surface area (Å²) in [4.78, 5) is 24.6. The Kier molecular flexibility index (Phi) is 7.73. The molecule has 10 heteroatoms. The van der Waals surface area contributed by atoms with Gasteiger partial charge in [0.1, 0.15) is 5.82 Å². The van der Waals surface area contributed by atoms with Crippen LogP contribution in [0.25, 0.3) is 0 Å². The number of anilines is 2. The third-order valence-corrected chi connectivity index (χ3v) is 5.55. The third kappa shape index (κ3) is 5.98. The molecule has 0 aliphatic heterocycles. The predicted octanol–water partition coefficient (Wildman–Crippen LogP) is 4.52. The third-order valence-electron chi connectivity index (χ3n) is 4.02. The number of rotatable bonds is 8. The fourth-order valence-electron chi connectivity index (χ4n) is 2.65. The van der Waals surface area contributed by atoms with Crippen molar-refractivity contribution in [2.75, 3.05) is 16.4 Å². The van der Waals surface area contributed by atoms with Gasteiger partial charge in [0, 0.05) is 17.3 Å². The Labute approximate surface area is 188 Å². The van der Waals surface area contributed by atoms with Gasteiger partial charge in [-0.25, -0.2) is 0 Å². The molecule has 2 amide bonds. The smallest absolute Gasteiger partial charge is 0.234 e. The molecule has 3 rings (SSSR count). The Morgan fingerprint density at radius 2 is 1.80 bits per heavy atom. The van der Waals surface area contributed by atoms with E-state index in [9.17, 15) is 9.59 Å². The van der Waals surface area contributed by atoms with Crippen molar-refractivity contribution in [3.63, 3.8) is 0 Å². The molecule has 0 spiro atoms. The summed E-state index contributed by atoms with van der Waals surface area (Å²) in [7, 11) is 0. The van der Waals surface area contributed by atoms with Crippen molar-refractivity contribution in [1.82, 2.24) is 14.8 Å². The number of halogens is 2. The number of nitrogens with zero attached hydrogens (tertiary/aromatic N) is 3. The van der Waals surface area contributed by atoms with Crippen LogP contribution in [0.4, 0.5) is 11.4 Å². The van der Waals surface area contributed by atoms with Gasteiger partial charge in [-0.1, -0.05) is 53.2 Å². The van der Waals surface area contributed by atoms with Crippen LogP contribution in [0.1, 0.15) is 12.7 Å². The SMILES string of the molecule is CCn1c(CC(=O)Nc2ccccc2)nnc1SCC(=O)Nc1cc(Cl)ccc1Cl. The zero-order chi connectivity index (χ0) is 21.5. The van der Waals surface area contributed by atoms with Crippen molar-refractivity contribution >= 4 is 58.2 Å². The summed E-state index contributed by atoms with van der Waals surface area (Å²) in [5.74, 6) is 0.204. The van der Waals surface area contributed by atoms with Crippen LogP contribution in [0.3, 0.4) is 0 Å². The second kappa shape index (κ2) is 10.5. The molecule has 1 aromatic heterocycles. The van der Waals surface area contributed by atoms with Gasteiger partial charge in [-0.15, -0.1) is 10.2 Å². The van der Waals surface area contributed by atoms with Gasteiger partial charge in [-0.05, 0) is 37.3 Å². The highest BCUT2D eigenvalue weighted by atomic mass is 35.5. The largest absolute Gasteiger partial charge is 0.326 e. The van der Waals surface area contributed by atoms with Gasteiger partial charge in [-0.2, -0.15) is 0 Å². The summed E-state index contributed by atoms with van der Waals surface area (Å²) in [5, 5.41) is 15.2. The van der Waals surface area contributed by atoms with E-state index in [1.165, 1.54) is 11.8 Å². The Morgan fingerprint density at radius 3 is 2.53 bits per heavy atom. The molecule has 0 radical (unpaired) electrons. The number of carbonyl (C=O) groups excluding carboxylic acids is 2. The summed E-state index contributed by atoms with van der Waals surface area (Å²) in [6.07, 6.45) is 0.0839. The molecule has 0 atom stereocenters. The molecule has 0 bridgehead atoms. The number of para-hydroxylation sites is 1. The number of benzene rings is 2. The van der Waals surface area contributed by atoms with Crippen LogP contribution in [-0.2, 0) is 22.6 Å². The lowest BCUT2D eigenvalue weighted by Gasteiger charge is -2.09. The number of carbonyl (C=O) groups is 2. The van der Waals surface area contributed by atoms with E-state index in [1.54, 1.807) is 18.2 Å². The molecular formula is C20H19Cl2N5O2S. The molecule has 7 nitrogen and oxygen atoms in total. The summed E-state index contributed by atoms with van der Waals surface area (Å²) < 4.78 is 1.81. The van der Waals surface area contributed by atoms with Crippen molar-refractivity contribution in [3.05, 3.63) is 64.4 Å². The minimum atomic E-state index is -0.252. The zero-order valence-electron chi connectivity index (χ0n) is 16.1. The standard InChI is InChI=1S/C20H19Cl2N5O2S/c1-2-27-17(11-18(28)23-14-6-4-3-5-7-14)25-26-20(27)30-12-19(29)24-16-10-13(21)8-9-15(16)22/h3-10H,2,11-12H2,1H3,(H,23,28)(H,24,29). The minimum absolute atomic E-state index is 0.0839. The Bertz CT molecular complexity index is 1040. The number of hydrogen-bond donors (Lipinski definition) is 2. The maximum absolute atomic E-state index is 12.3.